The summed E-state index contributed by atoms with van der Waals surface area (Å²) in [5.74, 6) is -1.80. The molecule has 0 radical (unpaired) electrons. The number of aliphatic hydroxyl groups is 1. The largest absolute Gasteiger partial charge is 0.466 e. The van der Waals surface area contributed by atoms with Crippen LogP contribution in [0.1, 0.15) is 102 Å². The van der Waals surface area contributed by atoms with Gasteiger partial charge in [-0.2, -0.15) is 0 Å². The van der Waals surface area contributed by atoms with E-state index in [-0.39, 0.29) is 62.8 Å². The van der Waals surface area contributed by atoms with Crippen molar-refractivity contribution in [3.63, 3.8) is 0 Å². The second-order valence-electron chi connectivity index (χ2n) is 18.8. The Kier molecular flexibility index (Phi) is 17.1. The standard InChI is InChI=1S/C57H61N9O12S/c1-6-75-55(72)64(27-11-9-10-12-30-67)53(71)49-34-42-40-25-29-63(45(40)21-23-47(42)66(49)57(74)77-8-3)52(70)48-33-41-39-24-28-62(44(39)20-22-46(41)65(48)56(73)76-7-2)51(69)36-14-19-43-50(32-36)79-54(58-43)60-59-37-15-17-38(18-16-37)61(5)26-13-31-78-35(4)68/h14-23,32-34,67H,6-13,24-31H2,1-5H3/b60-59+. The van der Waals surface area contributed by atoms with Crippen LogP contribution < -0.4 is 14.7 Å². The molecule has 4 aromatic carbocycles. The Balaban J connectivity index is 0.967. The summed E-state index contributed by atoms with van der Waals surface area (Å²) < 4.78 is 24.4. The topological polar surface area (TPSA) is 237 Å². The number of ether oxygens (including phenoxy) is 4. The SMILES string of the molecule is CCOC(=O)N(CCCCCCO)C(=O)c1cc2c3c(ccc2n1C(=O)OCC)N(C(=O)c1cc2c4c(ccc2n1C(=O)OCC)N(C(=O)c1ccc2nc(/N=N/c5ccc(N(C)CCCOC(C)=O)cc5)sc2c1)CC4)CC3. The van der Waals surface area contributed by atoms with Crippen LogP contribution in [-0.4, -0.2) is 132 Å². The summed E-state index contributed by atoms with van der Waals surface area (Å²) in [5.41, 5.74) is 6.01. The summed E-state index contributed by atoms with van der Waals surface area (Å²) in [6.07, 6.45) is 1.40. The van der Waals surface area contributed by atoms with Crippen LogP contribution in [0, 0.1) is 0 Å². The number of amides is 4. The number of esters is 1. The van der Waals surface area contributed by atoms with E-state index in [1.807, 2.05) is 31.3 Å². The highest BCUT2D eigenvalue weighted by Gasteiger charge is 2.37. The maximum atomic E-state index is 15.0. The van der Waals surface area contributed by atoms with Gasteiger partial charge in [0.15, 0.2) is 0 Å². The average Bonchev–Trinajstić information content (AvgIpc) is 4.46. The number of aliphatic hydroxyl groups excluding tert-OH is 1. The monoisotopic (exact) mass is 1100 g/mol. The number of benzene rings is 4. The number of fused-ring (bicyclic) bond motifs is 7. The molecule has 0 atom stereocenters. The van der Waals surface area contributed by atoms with Crippen LogP contribution in [0.5, 0.6) is 0 Å². The molecule has 2 aliphatic heterocycles. The fourth-order valence-electron chi connectivity index (χ4n) is 10.1. The smallest absolute Gasteiger partial charge is 0.419 e. The van der Waals surface area contributed by atoms with Gasteiger partial charge in [-0.3, -0.25) is 19.2 Å². The second-order valence-corrected chi connectivity index (χ2v) is 19.8. The number of anilines is 3. The summed E-state index contributed by atoms with van der Waals surface area (Å²) >= 11 is 1.31. The van der Waals surface area contributed by atoms with Crippen molar-refractivity contribution in [1.29, 1.82) is 0 Å². The van der Waals surface area contributed by atoms with E-state index in [1.54, 1.807) is 79.1 Å². The first-order valence-electron chi connectivity index (χ1n) is 26.5. The van der Waals surface area contributed by atoms with Crippen LogP contribution in [0.4, 0.5) is 42.3 Å². The first-order valence-corrected chi connectivity index (χ1v) is 27.3. The molecule has 0 unspecified atom stereocenters. The Labute approximate surface area is 458 Å². The number of carbonyl (C=O) groups excluding carboxylic acids is 7. The fourth-order valence-corrected chi connectivity index (χ4v) is 11.0. The highest BCUT2D eigenvalue weighted by atomic mass is 32.1. The summed E-state index contributed by atoms with van der Waals surface area (Å²) in [4.78, 5) is 106. The molecule has 21 nitrogen and oxygen atoms in total. The first-order chi connectivity index (χ1) is 38.3. The van der Waals surface area contributed by atoms with Gasteiger partial charge in [-0.15, -0.1) is 10.2 Å². The number of thiazole rings is 1. The van der Waals surface area contributed by atoms with Crippen LogP contribution in [-0.2, 0) is 36.6 Å². The number of aromatic nitrogens is 3. The van der Waals surface area contributed by atoms with Gasteiger partial charge in [-0.1, -0.05) is 24.2 Å². The Bertz CT molecular complexity index is 3530. The zero-order valence-corrected chi connectivity index (χ0v) is 45.5. The molecule has 3 aromatic heterocycles. The van der Waals surface area contributed by atoms with Crippen LogP contribution >= 0.6 is 11.3 Å². The molecule has 1 N–H and O–H groups in total. The van der Waals surface area contributed by atoms with Crippen LogP contribution in [0.3, 0.4) is 0 Å². The van der Waals surface area contributed by atoms with Crippen LogP contribution in [0.25, 0.3) is 32.0 Å². The van der Waals surface area contributed by atoms with Crippen molar-refractivity contribution >= 4 is 113 Å². The predicted molar refractivity (Wildman–Crippen MR) is 298 cm³/mol. The van der Waals surface area contributed by atoms with Gasteiger partial charge in [0.2, 0.25) is 5.13 Å². The highest BCUT2D eigenvalue weighted by molar-refractivity contribution is 7.21. The van der Waals surface area contributed by atoms with E-state index in [0.29, 0.717) is 125 Å². The van der Waals surface area contributed by atoms with E-state index in [1.165, 1.54) is 28.9 Å². The van der Waals surface area contributed by atoms with Gasteiger partial charge in [0.1, 0.15) is 11.4 Å². The minimum Gasteiger partial charge on any atom is -0.466 e. The van der Waals surface area contributed by atoms with Gasteiger partial charge < -0.3 is 38.8 Å². The lowest BCUT2D eigenvalue weighted by Gasteiger charge is -2.20. The van der Waals surface area contributed by atoms with Crippen LogP contribution in [0.15, 0.2) is 89.1 Å². The number of imide groups is 1. The van der Waals surface area contributed by atoms with E-state index in [2.05, 4.69) is 20.1 Å². The van der Waals surface area contributed by atoms with Crippen molar-refractivity contribution in [3.8, 4) is 0 Å². The third kappa shape index (κ3) is 11.4. The summed E-state index contributed by atoms with van der Waals surface area (Å²) in [7, 11) is 1.96. The number of unbranched alkanes of at least 4 members (excludes halogenated alkanes) is 3. The van der Waals surface area contributed by atoms with Crippen molar-refractivity contribution in [3.05, 3.63) is 107 Å². The van der Waals surface area contributed by atoms with E-state index >= 15 is 0 Å². The molecule has 0 bridgehead atoms. The quantitative estimate of drug-likeness (QED) is 0.0343. The zero-order valence-electron chi connectivity index (χ0n) is 44.7. The van der Waals surface area contributed by atoms with Crippen molar-refractivity contribution in [1.82, 2.24) is 19.0 Å². The van der Waals surface area contributed by atoms with Gasteiger partial charge >= 0.3 is 24.2 Å². The Morgan fingerprint density at radius 1 is 0.658 bits per heavy atom. The van der Waals surface area contributed by atoms with Gasteiger partial charge in [0, 0.05) is 80.2 Å². The van der Waals surface area contributed by atoms with E-state index < -0.39 is 30.1 Å². The molecular formula is C57H61N9O12S. The molecule has 79 heavy (non-hydrogen) atoms. The zero-order chi connectivity index (χ0) is 55.9. The average molecular weight is 1100 g/mol. The van der Waals surface area contributed by atoms with Crippen molar-refractivity contribution in [2.75, 3.05) is 81.0 Å². The molecule has 0 spiro atoms. The number of hydrogen-bond acceptors (Lipinski definition) is 17. The lowest BCUT2D eigenvalue weighted by Crippen LogP contribution is -2.39. The van der Waals surface area contributed by atoms with E-state index in [0.717, 1.165) is 25.4 Å². The maximum Gasteiger partial charge on any atom is 0.419 e. The molecule has 0 fully saturated rings. The molecule has 4 amide bonds. The Morgan fingerprint density at radius 2 is 1.27 bits per heavy atom. The fraction of sp³-hybridized carbons (Fsp3) is 0.368. The molecule has 2 aliphatic rings. The molecule has 22 heteroatoms. The van der Waals surface area contributed by atoms with E-state index in [4.69, 9.17) is 18.9 Å². The number of carbonyl (C=O) groups is 7. The minimum atomic E-state index is -0.862. The van der Waals surface area contributed by atoms with E-state index in [9.17, 15) is 38.7 Å². The van der Waals surface area contributed by atoms with Gasteiger partial charge in [0.05, 0.1) is 53.4 Å². The number of nitrogens with zero attached hydrogens (tertiary/aromatic N) is 9. The predicted octanol–water partition coefficient (Wildman–Crippen LogP) is 10.6. The molecule has 0 saturated carbocycles. The number of azo groups is 1. The molecule has 0 saturated heterocycles. The van der Waals surface area contributed by atoms with Crippen molar-refractivity contribution < 1.29 is 57.6 Å². The second kappa shape index (κ2) is 24.4. The molecule has 412 valence electrons. The lowest BCUT2D eigenvalue weighted by molar-refractivity contribution is -0.141. The molecule has 5 heterocycles. The third-order valence-electron chi connectivity index (χ3n) is 13.9. The summed E-state index contributed by atoms with van der Waals surface area (Å²) in [6.45, 7) is 8.07. The highest BCUT2D eigenvalue weighted by Crippen LogP contribution is 2.41. The molecule has 9 rings (SSSR count). The molecule has 0 aliphatic carbocycles. The van der Waals surface area contributed by atoms with Gasteiger partial charge in [0.25, 0.3) is 17.7 Å². The van der Waals surface area contributed by atoms with Crippen molar-refractivity contribution in [2.45, 2.75) is 72.6 Å². The normalized spacial score (nSPS) is 12.8. The maximum absolute atomic E-state index is 15.0. The minimum absolute atomic E-state index is 0.0132. The van der Waals surface area contributed by atoms with Crippen LogP contribution in [0.2, 0.25) is 0 Å². The lowest BCUT2D eigenvalue weighted by atomic mass is 10.1. The summed E-state index contributed by atoms with van der Waals surface area (Å²) in [5, 5.41) is 19.5. The third-order valence-corrected chi connectivity index (χ3v) is 14.8. The molecular weight excluding hydrogens is 1030 g/mol. The Hall–Kier alpha value is -8.50. The molecule has 7 aromatic rings. The Morgan fingerprint density at radius 3 is 1.89 bits per heavy atom. The van der Waals surface area contributed by atoms with Crippen molar-refractivity contribution in [2.24, 2.45) is 10.2 Å². The van der Waals surface area contributed by atoms with Gasteiger partial charge in [-0.05, 0) is 143 Å². The number of hydrogen-bond donors (Lipinski definition) is 1. The first kappa shape index (κ1) is 55.3. The van der Waals surface area contributed by atoms with Gasteiger partial charge in [-0.25, -0.2) is 33.4 Å². The number of rotatable bonds is 19. The summed E-state index contributed by atoms with van der Waals surface area (Å²) in [6, 6.07) is 22.9.